The van der Waals surface area contributed by atoms with Gasteiger partial charge in [-0.25, -0.2) is 0 Å². The standard InChI is InChI=1S/C17H25NOS.C3H6O/c1-3-9-18(10-4-2)17(19)13-20-16-11-14-7-5-6-8-15(14)12-16;1-3(2)4/h5-8,16H,3-4,9-13H2,1-2H3;1-2H3. The van der Waals surface area contributed by atoms with E-state index in [9.17, 15) is 9.59 Å². The van der Waals surface area contributed by atoms with E-state index in [4.69, 9.17) is 0 Å². The van der Waals surface area contributed by atoms with E-state index in [1.54, 1.807) is 0 Å². The highest BCUT2D eigenvalue weighted by Gasteiger charge is 2.23. The van der Waals surface area contributed by atoms with Crippen molar-refractivity contribution in [2.75, 3.05) is 18.8 Å². The van der Waals surface area contributed by atoms with Gasteiger partial charge >= 0.3 is 0 Å². The summed E-state index contributed by atoms with van der Waals surface area (Å²) in [6.45, 7) is 9.13. The van der Waals surface area contributed by atoms with Gasteiger partial charge in [0.25, 0.3) is 0 Å². The molecule has 0 saturated carbocycles. The molecule has 0 radical (unpaired) electrons. The second-order valence-electron chi connectivity index (χ2n) is 6.40. The number of fused-ring (bicyclic) bond motifs is 1. The number of ketones is 1. The lowest BCUT2D eigenvalue weighted by Crippen LogP contribution is -2.34. The monoisotopic (exact) mass is 349 g/mol. The van der Waals surface area contributed by atoms with Gasteiger partial charge in [-0.15, -0.1) is 11.8 Å². The number of nitrogens with zero attached hydrogens (tertiary/aromatic N) is 1. The van der Waals surface area contributed by atoms with Gasteiger partial charge in [0.05, 0.1) is 5.75 Å². The number of Topliss-reactive ketones (excluding diaryl/α,β-unsaturated/α-hetero) is 1. The average molecular weight is 350 g/mol. The van der Waals surface area contributed by atoms with Crippen LogP contribution in [0.25, 0.3) is 0 Å². The molecule has 24 heavy (non-hydrogen) atoms. The predicted molar refractivity (Wildman–Crippen MR) is 104 cm³/mol. The van der Waals surface area contributed by atoms with E-state index in [-0.39, 0.29) is 5.78 Å². The molecule has 0 aromatic heterocycles. The largest absolute Gasteiger partial charge is 0.342 e. The topological polar surface area (TPSA) is 37.4 Å². The van der Waals surface area contributed by atoms with Crippen molar-refractivity contribution in [2.24, 2.45) is 0 Å². The summed E-state index contributed by atoms with van der Waals surface area (Å²) in [5.41, 5.74) is 2.94. The van der Waals surface area contributed by atoms with E-state index in [1.807, 2.05) is 16.7 Å². The molecule has 0 unspecified atom stereocenters. The van der Waals surface area contributed by atoms with Crippen molar-refractivity contribution in [3.63, 3.8) is 0 Å². The Hall–Kier alpha value is -1.29. The molecule has 0 heterocycles. The quantitative estimate of drug-likeness (QED) is 0.743. The third kappa shape index (κ3) is 7.52. The Morgan fingerprint density at radius 1 is 1.04 bits per heavy atom. The van der Waals surface area contributed by atoms with Gasteiger partial charge in [-0.1, -0.05) is 38.1 Å². The molecule has 1 aromatic rings. The zero-order valence-corrected chi connectivity index (χ0v) is 16.3. The Balaban J connectivity index is 0.000000648. The van der Waals surface area contributed by atoms with Gasteiger partial charge in [0.2, 0.25) is 5.91 Å². The molecule has 0 spiro atoms. The molecule has 1 aliphatic carbocycles. The van der Waals surface area contributed by atoms with Crippen molar-refractivity contribution in [3.05, 3.63) is 35.4 Å². The molecule has 134 valence electrons. The number of rotatable bonds is 7. The van der Waals surface area contributed by atoms with Crippen LogP contribution in [0.3, 0.4) is 0 Å². The first-order valence-electron chi connectivity index (χ1n) is 8.91. The van der Waals surface area contributed by atoms with Crippen LogP contribution in [-0.2, 0) is 22.4 Å². The first-order chi connectivity index (χ1) is 11.5. The highest BCUT2D eigenvalue weighted by molar-refractivity contribution is 8.00. The van der Waals surface area contributed by atoms with Crippen molar-refractivity contribution in [2.45, 2.75) is 58.6 Å². The second-order valence-corrected chi connectivity index (χ2v) is 7.69. The number of hydrogen-bond donors (Lipinski definition) is 0. The van der Waals surface area contributed by atoms with Crippen LogP contribution in [0.2, 0.25) is 0 Å². The summed E-state index contributed by atoms with van der Waals surface area (Å²) in [5.74, 6) is 1.12. The first kappa shape index (κ1) is 20.8. The SMILES string of the molecule is CC(C)=O.CCCN(CCC)C(=O)CSC1Cc2ccccc2C1. The third-order valence-electron chi connectivity index (χ3n) is 3.80. The molecule has 3 nitrogen and oxygen atoms in total. The Labute approximate surface area is 151 Å². The van der Waals surface area contributed by atoms with E-state index in [2.05, 4.69) is 38.1 Å². The van der Waals surface area contributed by atoms with Gasteiger partial charge in [-0.05, 0) is 50.7 Å². The molecule has 1 aliphatic rings. The maximum atomic E-state index is 12.3. The van der Waals surface area contributed by atoms with Crippen LogP contribution in [0, 0.1) is 0 Å². The lowest BCUT2D eigenvalue weighted by molar-refractivity contribution is -0.128. The zero-order chi connectivity index (χ0) is 17.9. The zero-order valence-electron chi connectivity index (χ0n) is 15.5. The highest BCUT2D eigenvalue weighted by Crippen LogP contribution is 2.30. The normalized spacial score (nSPS) is 13.0. The summed E-state index contributed by atoms with van der Waals surface area (Å²) in [6.07, 6.45) is 4.34. The van der Waals surface area contributed by atoms with Crippen LogP contribution in [0.4, 0.5) is 0 Å². The number of amides is 1. The summed E-state index contributed by atoms with van der Waals surface area (Å²) in [5, 5.41) is 0.585. The van der Waals surface area contributed by atoms with Crippen molar-refractivity contribution in [3.8, 4) is 0 Å². The summed E-state index contributed by atoms with van der Waals surface area (Å²) < 4.78 is 0. The van der Waals surface area contributed by atoms with E-state index in [0.29, 0.717) is 16.9 Å². The van der Waals surface area contributed by atoms with Crippen molar-refractivity contribution < 1.29 is 9.59 Å². The van der Waals surface area contributed by atoms with E-state index in [0.717, 1.165) is 38.8 Å². The Bertz CT molecular complexity index is 495. The Kier molecular flexibility index (Phi) is 9.77. The van der Waals surface area contributed by atoms with Crippen LogP contribution in [0.15, 0.2) is 24.3 Å². The molecule has 0 saturated heterocycles. The second kappa shape index (κ2) is 11.3. The fourth-order valence-electron chi connectivity index (χ4n) is 2.82. The van der Waals surface area contributed by atoms with Crippen LogP contribution in [0.5, 0.6) is 0 Å². The van der Waals surface area contributed by atoms with Crippen molar-refractivity contribution in [1.82, 2.24) is 4.90 Å². The van der Waals surface area contributed by atoms with Gasteiger partial charge in [-0.3, -0.25) is 4.79 Å². The van der Waals surface area contributed by atoms with E-state index < -0.39 is 0 Å². The molecular formula is C20H31NO2S. The Morgan fingerprint density at radius 2 is 1.50 bits per heavy atom. The number of hydrogen-bond acceptors (Lipinski definition) is 3. The summed E-state index contributed by atoms with van der Waals surface area (Å²) in [6, 6.07) is 8.67. The summed E-state index contributed by atoms with van der Waals surface area (Å²) >= 11 is 1.84. The van der Waals surface area contributed by atoms with Crippen molar-refractivity contribution in [1.29, 1.82) is 0 Å². The highest BCUT2D eigenvalue weighted by atomic mass is 32.2. The Morgan fingerprint density at radius 3 is 1.92 bits per heavy atom. The summed E-state index contributed by atoms with van der Waals surface area (Å²) in [7, 11) is 0. The number of thioether (sulfide) groups is 1. The molecule has 0 atom stereocenters. The van der Waals surface area contributed by atoms with E-state index >= 15 is 0 Å². The molecule has 0 bridgehead atoms. The first-order valence-corrected chi connectivity index (χ1v) is 9.96. The maximum absolute atomic E-state index is 12.3. The average Bonchev–Trinajstić information content (AvgIpc) is 2.94. The van der Waals surface area contributed by atoms with Crippen LogP contribution < -0.4 is 0 Å². The molecule has 2 rings (SSSR count). The molecule has 0 N–H and O–H groups in total. The number of carbonyl (C=O) groups is 2. The lowest BCUT2D eigenvalue weighted by atomic mass is 10.1. The third-order valence-corrected chi connectivity index (χ3v) is 5.01. The minimum Gasteiger partial charge on any atom is -0.342 e. The predicted octanol–water partition coefficient (Wildman–Crippen LogP) is 4.13. The molecule has 1 aromatic carbocycles. The minimum absolute atomic E-state index is 0.167. The molecule has 0 fully saturated rings. The fraction of sp³-hybridized carbons (Fsp3) is 0.600. The minimum atomic E-state index is 0.167. The van der Waals surface area contributed by atoms with Gasteiger partial charge in [0.15, 0.2) is 0 Å². The van der Waals surface area contributed by atoms with Gasteiger partial charge < -0.3 is 9.69 Å². The fourth-order valence-corrected chi connectivity index (χ4v) is 3.97. The van der Waals surface area contributed by atoms with Crippen LogP contribution >= 0.6 is 11.8 Å². The summed E-state index contributed by atoms with van der Waals surface area (Å²) in [4.78, 5) is 23.7. The molecule has 1 amide bonds. The molecule has 0 aliphatic heterocycles. The van der Waals surface area contributed by atoms with Gasteiger partial charge in [-0.2, -0.15) is 0 Å². The van der Waals surface area contributed by atoms with Crippen molar-refractivity contribution >= 4 is 23.5 Å². The number of carbonyl (C=O) groups excluding carboxylic acids is 2. The van der Waals surface area contributed by atoms with E-state index in [1.165, 1.54) is 25.0 Å². The van der Waals surface area contributed by atoms with Gasteiger partial charge in [0.1, 0.15) is 5.78 Å². The maximum Gasteiger partial charge on any atom is 0.232 e. The van der Waals surface area contributed by atoms with Crippen LogP contribution in [0.1, 0.15) is 51.7 Å². The van der Waals surface area contributed by atoms with Gasteiger partial charge in [0, 0.05) is 18.3 Å². The molecular weight excluding hydrogens is 318 g/mol. The lowest BCUT2D eigenvalue weighted by Gasteiger charge is -2.22. The number of benzene rings is 1. The molecule has 4 heteroatoms. The smallest absolute Gasteiger partial charge is 0.232 e. The van der Waals surface area contributed by atoms with Crippen LogP contribution in [-0.4, -0.2) is 40.7 Å².